The van der Waals surface area contributed by atoms with Crippen LogP contribution < -0.4 is 0 Å². The van der Waals surface area contributed by atoms with Crippen molar-refractivity contribution in [1.82, 2.24) is 9.55 Å². The molecule has 10 aromatic rings. The zero-order chi connectivity index (χ0) is 32.3. The van der Waals surface area contributed by atoms with Crippen molar-refractivity contribution in [3.63, 3.8) is 0 Å². The maximum absolute atomic E-state index is 5.16. The molecule has 0 radical (unpaired) electrons. The fraction of sp³-hybridized carbons (Fsp3) is 0. The van der Waals surface area contributed by atoms with E-state index in [1.54, 1.807) is 0 Å². The van der Waals surface area contributed by atoms with Crippen molar-refractivity contribution in [2.24, 2.45) is 0 Å². The molecule has 0 bridgehead atoms. The lowest BCUT2D eigenvalue weighted by Gasteiger charge is -2.20. The smallest absolute Gasteiger partial charge is 0.145 e. The molecule has 0 spiro atoms. The van der Waals surface area contributed by atoms with Gasteiger partial charge in [0, 0.05) is 11.3 Å². The van der Waals surface area contributed by atoms with Crippen molar-refractivity contribution in [2.75, 3.05) is 0 Å². The Bertz CT molecular complexity index is 2880. The first-order valence-corrected chi connectivity index (χ1v) is 16.8. The van der Waals surface area contributed by atoms with Crippen LogP contribution in [0.1, 0.15) is 0 Å². The Balaban J connectivity index is 1.34. The predicted octanol–water partition coefficient (Wildman–Crippen LogP) is 12.6. The summed E-state index contributed by atoms with van der Waals surface area (Å²) in [5.74, 6) is 0.934. The van der Waals surface area contributed by atoms with Crippen LogP contribution in [0.4, 0.5) is 0 Å². The number of imidazole rings is 1. The third kappa shape index (κ3) is 4.46. The first-order valence-electron chi connectivity index (χ1n) is 16.8. The van der Waals surface area contributed by atoms with E-state index in [-0.39, 0.29) is 0 Å². The van der Waals surface area contributed by atoms with Crippen molar-refractivity contribution in [2.45, 2.75) is 0 Å². The zero-order valence-corrected chi connectivity index (χ0v) is 26.7. The number of hydrogen-bond donors (Lipinski definition) is 0. The summed E-state index contributed by atoms with van der Waals surface area (Å²) in [6, 6.07) is 65.9. The monoisotopic (exact) mass is 622 g/mol. The molecule has 49 heavy (non-hydrogen) atoms. The highest BCUT2D eigenvalue weighted by Crippen LogP contribution is 2.45. The van der Waals surface area contributed by atoms with Crippen LogP contribution in [0.15, 0.2) is 182 Å². The minimum Gasteiger partial charge on any atom is -0.292 e. The third-order valence-corrected chi connectivity index (χ3v) is 9.93. The highest BCUT2D eigenvalue weighted by atomic mass is 15.1. The molecule has 0 fully saturated rings. The highest BCUT2D eigenvalue weighted by Gasteiger charge is 2.20. The number of benzene rings is 9. The maximum Gasteiger partial charge on any atom is 0.145 e. The lowest BCUT2D eigenvalue weighted by Crippen LogP contribution is -1.99. The maximum atomic E-state index is 5.16. The molecule has 10 rings (SSSR count). The Kier molecular flexibility index (Phi) is 6.22. The lowest BCUT2D eigenvalue weighted by molar-refractivity contribution is 1.11. The average Bonchev–Trinajstić information content (AvgIpc) is 3.56. The van der Waals surface area contributed by atoms with Gasteiger partial charge in [-0.05, 0) is 102 Å². The molecule has 9 aromatic carbocycles. The molecule has 0 atom stereocenters. The van der Waals surface area contributed by atoms with Gasteiger partial charge >= 0.3 is 0 Å². The summed E-state index contributed by atoms with van der Waals surface area (Å²) in [5, 5.41) is 9.89. The molecule has 0 aliphatic carbocycles. The number of rotatable bonds is 4. The molecule has 0 saturated heterocycles. The fourth-order valence-corrected chi connectivity index (χ4v) is 7.69. The number of nitrogens with zero attached hydrogens (tertiary/aromatic N) is 2. The number of para-hydroxylation sites is 2. The van der Waals surface area contributed by atoms with Crippen molar-refractivity contribution in [1.29, 1.82) is 0 Å². The van der Waals surface area contributed by atoms with Crippen LogP contribution in [-0.4, -0.2) is 9.55 Å². The first kappa shape index (κ1) is 27.6. The van der Waals surface area contributed by atoms with Gasteiger partial charge in [0.25, 0.3) is 0 Å². The second kappa shape index (κ2) is 11.0. The minimum atomic E-state index is 0.934. The third-order valence-electron chi connectivity index (χ3n) is 9.93. The van der Waals surface area contributed by atoms with E-state index in [4.69, 9.17) is 4.98 Å². The molecule has 2 nitrogen and oxygen atoms in total. The second-order valence-corrected chi connectivity index (χ2v) is 12.8. The van der Waals surface area contributed by atoms with Crippen LogP contribution in [0.25, 0.3) is 93.5 Å². The van der Waals surface area contributed by atoms with E-state index < -0.39 is 0 Å². The summed E-state index contributed by atoms with van der Waals surface area (Å²) in [4.78, 5) is 5.16. The van der Waals surface area contributed by atoms with Gasteiger partial charge in [-0.2, -0.15) is 0 Å². The molecule has 228 valence electrons. The highest BCUT2D eigenvalue weighted by molar-refractivity contribution is 6.22. The van der Waals surface area contributed by atoms with Crippen LogP contribution in [0.3, 0.4) is 0 Å². The number of hydrogen-bond acceptors (Lipinski definition) is 1. The molecule has 0 aliphatic rings. The van der Waals surface area contributed by atoms with Gasteiger partial charge in [-0.3, -0.25) is 4.57 Å². The molecular weight excluding hydrogens is 593 g/mol. The Morgan fingerprint density at radius 1 is 0.347 bits per heavy atom. The van der Waals surface area contributed by atoms with Crippen LogP contribution in [0.2, 0.25) is 0 Å². The Hall–Kier alpha value is -6.51. The van der Waals surface area contributed by atoms with E-state index in [1.807, 2.05) is 0 Å². The van der Waals surface area contributed by atoms with Gasteiger partial charge < -0.3 is 0 Å². The average molecular weight is 623 g/mol. The summed E-state index contributed by atoms with van der Waals surface area (Å²) in [6.07, 6.45) is 0. The summed E-state index contributed by atoms with van der Waals surface area (Å²) in [6.45, 7) is 0. The molecule has 0 N–H and O–H groups in total. The fourth-order valence-electron chi connectivity index (χ4n) is 7.69. The van der Waals surface area contributed by atoms with Crippen LogP contribution in [0.5, 0.6) is 0 Å². The van der Waals surface area contributed by atoms with Crippen LogP contribution in [-0.2, 0) is 0 Å². The molecule has 0 amide bonds. The van der Waals surface area contributed by atoms with E-state index in [2.05, 4.69) is 187 Å². The molecule has 1 aromatic heterocycles. The van der Waals surface area contributed by atoms with Crippen molar-refractivity contribution in [3.8, 4) is 39.3 Å². The van der Waals surface area contributed by atoms with E-state index in [9.17, 15) is 0 Å². The quantitative estimate of drug-likeness (QED) is 0.179. The van der Waals surface area contributed by atoms with E-state index in [1.165, 1.54) is 65.3 Å². The van der Waals surface area contributed by atoms with Crippen molar-refractivity contribution < 1.29 is 0 Å². The summed E-state index contributed by atoms with van der Waals surface area (Å²) < 4.78 is 2.32. The van der Waals surface area contributed by atoms with Gasteiger partial charge in [0.15, 0.2) is 0 Å². The molecule has 1 heterocycles. The normalized spacial score (nSPS) is 11.7. The van der Waals surface area contributed by atoms with Gasteiger partial charge in [-0.25, -0.2) is 4.98 Å². The largest absolute Gasteiger partial charge is 0.292 e. The Labute approximate surface area is 284 Å². The van der Waals surface area contributed by atoms with E-state index in [0.717, 1.165) is 28.1 Å². The summed E-state index contributed by atoms with van der Waals surface area (Å²) in [7, 11) is 0. The van der Waals surface area contributed by atoms with E-state index in [0.29, 0.717) is 0 Å². The first-order chi connectivity index (χ1) is 24.3. The predicted molar refractivity (Wildman–Crippen MR) is 207 cm³/mol. The van der Waals surface area contributed by atoms with Gasteiger partial charge in [-0.1, -0.05) is 146 Å². The lowest BCUT2D eigenvalue weighted by atomic mass is 9.85. The summed E-state index contributed by atoms with van der Waals surface area (Å²) >= 11 is 0. The topological polar surface area (TPSA) is 17.8 Å². The van der Waals surface area contributed by atoms with Crippen LogP contribution >= 0.6 is 0 Å². The minimum absolute atomic E-state index is 0.934. The Morgan fingerprint density at radius 2 is 0.878 bits per heavy atom. The van der Waals surface area contributed by atoms with Crippen molar-refractivity contribution in [3.05, 3.63) is 182 Å². The molecule has 0 unspecified atom stereocenters. The van der Waals surface area contributed by atoms with Gasteiger partial charge in [-0.15, -0.1) is 0 Å². The molecule has 0 saturated carbocycles. The van der Waals surface area contributed by atoms with Gasteiger partial charge in [0.1, 0.15) is 5.82 Å². The van der Waals surface area contributed by atoms with Crippen LogP contribution in [0, 0.1) is 0 Å². The van der Waals surface area contributed by atoms with E-state index >= 15 is 0 Å². The molecular formula is C47H30N2. The van der Waals surface area contributed by atoms with Crippen molar-refractivity contribution >= 4 is 54.1 Å². The molecule has 0 aliphatic heterocycles. The standard InChI is InChI=1S/C47H30N2/c1-2-14-33(15-3-1)47-48-43-20-10-11-21-44(43)49(47)38-26-27-41-42(30-38)46(37-25-23-32-13-5-7-17-35(32)29-37)40-19-9-8-18-39(40)45(41)36-24-22-31-12-4-6-16-34(31)28-36/h1-30H. The van der Waals surface area contributed by atoms with Gasteiger partial charge in [0.2, 0.25) is 0 Å². The van der Waals surface area contributed by atoms with Gasteiger partial charge in [0.05, 0.1) is 11.0 Å². The Morgan fingerprint density at radius 3 is 1.55 bits per heavy atom. The second-order valence-electron chi connectivity index (χ2n) is 12.8. The summed E-state index contributed by atoms with van der Waals surface area (Å²) in [5.41, 5.74) is 9.16. The molecule has 2 heteroatoms. The number of fused-ring (bicyclic) bond motifs is 5. The SMILES string of the molecule is c1ccc(-c2nc3ccccc3n2-c2ccc3c(-c4ccc5ccccc5c4)c4ccccc4c(-c4ccc5ccccc5c4)c3c2)cc1. The zero-order valence-electron chi connectivity index (χ0n) is 26.7. The number of aromatic nitrogens is 2.